The summed E-state index contributed by atoms with van der Waals surface area (Å²) in [4.78, 5) is 2.59. The smallest absolute Gasteiger partial charge is 0.0521 e. The van der Waals surface area contributed by atoms with E-state index < -0.39 is 0 Å². The van der Waals surface area contributed by atoms with E-state index in [1.165, 1.54) is 38.8 Å². The van der Waals surface area contributed by atoms with Gasteiger partial charge in [-0.25, -0.2) is 0 Å². The van der Waals surface area contributed by atoms with Crippen LogP contribution in [-0.4, -0.2) is 43.8 Å². The topological polar surface area (TPSA) is 38.5 Å². The third-order valence-electron chi connectivity index (χ3n) is 3.72. The molecule has 0 aromatic heterocycles. The Kier molecular flexibility index (Phi) is 4.42. The molecule has 15 heavy (non-hydrogen) atoms. The molecule has 0 bridgehead atoms. The van der Waals surface area contributed by atoms with Crippen molar-refractivity contribution in [3.8, 4) is 0 Å². The number of nitrogens with zero attached hydrogens (tertiary/aromatic N) is 1. The van der Waals surface area contributed by atoms with Crippen molar-refractivity contribution in [3.63, 3.8) is 0 Å². The van der Waals surface area contributed by atoms with Gasteiger partial charge < -0.3 is 15.4 Å². The lowest BCUT2D eigenvalue weighted by molar-refractivity contribution is 0.0265. The van der Waals surface area contributed by atoms with Crippen LogP contribution in [0.15, 0.2) is 0 Å². The molecule has 0 spiro atoms. The molecule has 0 aliphatic carbocycles. The van der Waals surface area contributed by atoms with E-state index in [-0.39, 0.29) is 0 Å². The number of rotatable bonds is 2. The van der Waals surface area contributed by atoms with E-state index in [2.05, 4.69) is 4.90 Å². The highest BCUT2D eigenvalue weighted by atomic mass is 16.5. The molecule has 0 aromatic rings. The van der Waals surface area contributed by atoms with Crippen molar-refractivity contribution in [2.75, 3.05) is 32.8 Å². The first kappa shape index (κ1) is 11.4. The molecular weight excluding hydrogens is 188 g/mol. The third-order valence-corrected chi connectivity index (χ3v) is 3.72. The van der Waals surface area contributed by atoms with Gasteiger partial charge in [-0.3, -0.25) is 0 Å². The molecule has 2 N–H and O–H groups in total. The summed E-state index contributed by atoms with van der Waals surface area (Å²) in [6.07, 6.45) is 6.58. The fraction of sp³-hybridized carbons (Fsp3) is 1.00. The van der Waals surface area contributed by atoms with E-state index in [4.69, 9.17) is 10.5 Å². The van der Waals surface area contributed by atoms with Crippen LogP contribution in [0, 0.1) is 5.92 Å². The lowest BCUT2D eigenvalue weighted by Crippen LogP contribution is -2.45. The molecule has 3 heteroatoms. The van der Waals surface area contributed by atoms with Crippen LogP contribution in [0.1, 0.15) is 32.1 Å². The normalized spacial score (nSPS) is 35.0. The first-order valence-electron chi connectivity index (χ1n) is 6.42. The summed E-state index contributed by atoms with van der Waals surface area (Å²) in [7, 11) is 0. The SMILES string of the molecule is NC1CCOCC1CN1CCCCCC1. The minimum atomic E-state index is 0.363. The zero-order valence-electron chi connectivity index (χ0n) is 9.66. The quantitative estimate of drug-likeness (QED) is 0.748. The number of hydrogen-bond donors (Lipinski definition) is 1. The van der Waals surface area contributed by atoms with Gasteiger partial charge >= 0.3 is 0 Å². The summed E-state index contributed by atoms with van der Waals surface area (Å²) in [5.41, 5.74) is 6.13. The van der Waals surface area contributed by atoms with Gasteiger partial charge in [-0.15, -0.1) is 0 Å². The first-order chi connectivity index (χ1) is 7.36. The summed E-state index contributed by atoms with van der Waals surface area (Å²) in [5.74, 6) is 0.567. The van der Waals surface area contributed by atoms with Gasteiger partial charge in [0.15, 0.2) is 0 Å². The van der Waals surface area contributed by atoms with Crippen LogP contribution >= 0.6 is 0 Å². The molecule has 2 heterocycles. The summed E-state index contributed by atoms with van der Waals surface area (Å²) < 4.78 is 5.52. The lowest BCUT2D eigenvalue weighted by atomic mass is 9.96. The summed E-state index contributed by atoms with van der Waals surface area (Å²) >= 11 is 0. The second kappa shape index (κ2) is 5.83. The Morgan fingerprint density at radius 1 is 1.13 bits per heavy atom. The van der Waals surface area contributed by atoms with Gasteiger partial charge in [-0.1, -0.05) is 12.8 Å². The third kappa shape index (κ3) is 3.44. The molecule has 2 atom stereocenters. The van der Waals surface area contributed by atoms with Gasteiger partial charge in [0, 0.05) is 25.1 Å². The van der Waals surface area contributed by atoms with Crippen molar-refractivity contribution in [2.24, 2.45) is 11.7 Å². The highest BCUT2D eigenvalue weighted by Crippen LogP contribution is 2.17. The van der Waals surface area contributed by atoms with Crippen molar-refractivity contribution in [1.29, 1.82) is 0 Å². The Morgan fingerprint density at radius 2 is 1.87 bits per heavy atom. The highest BCUT2D eigenvalue weighted by molar-refractivity contribution is 4.79. The summed E-state index contributed by atoms with van der Waals surface area (Å²) in [6, 6.07) is 0.363. The maximum atomic E-state index is 6.13. The van der Waals surface area contributed by atoms with Gasteiger partial charge in [-0.05, 0) is 32.4 Å². The van der Waals surface area contributed by atoms with Gasteiger partial charge in [0.2, 0.25) is 0 Å². The van der Waals surface area contributed by atoms with Gasteiger partial charge in [0.1, 0.15) is 0 Å². The number of likely N-dealkylation sites (tertiary alicyclic amines) is 1. The molecule has 2 fully saturated rings. The maximum Gasteiger partial charge on any atom is 0.0521 e. The Morgan fingerprint density at radius 3 is 2.53 bits per heavy atom. The maximum absolute atomic E-state index is 6.13. The molecule has 0 saturated carbocycles. The van der Waals surface area contributed by atoms with E-state index in [9.17, 15) is 0 Å². The molecule has 2 aliphatic heterocycles. The Labute approximate surface area is 93.0 Å². The van der Waals surface area contributed by atoms with Crippen molar-refractivity contribution >= 4 is 0 Å². The summed E-state index contributed by atoms with van der Waals surface area (Å²) in [6.45, 7) is 5.42. The van der Waals surface area contributed by atoms with Crippen LogP contribution in [0.25, 0.3) is 0 Å². The van der Waals surface area contributed by atoms with Gasteiger partial charge in [-0.2, -0.15) is 0 Å². The minimum absolute atomic E-state index is 0.363. The monoisotopic (exact) mass is 212 g/mol. The van der Waals surface area contributed by atoms with E-state index in [1.807, 2.05) is 0 Å². The summed E-state index contributed by atoms with van der Waals surface area (Å²) in [5, 5.41) is 0. The molecule has 0 aromatic carbocycles. The van der Waals surface area contributed by atoms with Gasteiger partial charge in [0.05, 0.1) is 6.61 Å². The zero-order valence-corrected chi connectivity index (χ0v) is 9.66. The second-order valence-electron chi connectivity index (χ2n) is 5.00. The largest absolute Gasteiger partial charge is 0.381 e. The lowest BCUT2D eigenvalue weighted by Gasteiger charge is -2.33. The van der Waals surface area contributed by atoms with E-state index in [0.29, 0.717) is 12.0 Å². The van der Waals surface area contributed by atoms with Crippen LogP contribution < -0.4 is 5.73 Å². The highest BCUT2D eigenvalue weighted by Gasteiger charge is 2.24. The van der Waals surface area contributed by atoms with E-state index in [0.717, 1.165) is 26.2 Å². The molecule has 2 aliphatic rings. The molecule has 0 amide bonds. The van der Waals surface area contributed by atoms with Crippen LogP contribution in [-0.2, 0) is 4.74 Å². The van der Waals surface area contributed by atoms with Crippen molar-refractivity contribution in [1.82, 2.24) is 4.90 Å². The Balaban J connectivity index is 1.78. The van der Waals surface area contributed by atoms with Crippen LogP contribution in [0.3, 0.4) is 0 Å². The predicted molar refractivity (Wildman–Crippen MR) is 61.8 cm³/mol. The molecule has 2 rings (SSSR count). The Hall–Kier alpha value is -0.120. The van der Waals surface area contributed by atoms with Crippen molar-refractivity contribution in [2.45, 2.75) is 38.1 Å². The molecule has 0 radical (unpaired) electrons. The average Bonchev–Trinajstić information content (AvgIpc) is 2.50. The fourth-order valence-electron chi connectivity index (χ4n) is 2.65. The standard InChI is InChI=1S/C12H24N2O/c13-12-5-8-15-10-11(12)9-14-6-3-1-2-4-7-14/h11-12H,1-10,13H2. The molecule has 2 unspecified atom stereocenters. The molecule has 88 valence electrons. The minimum Gasteiger partial charge on any atom is -0.381 e. The molecular formula is C12H24N2O. The first-order valence-corrected chi connectivity index (χ1v) is 6.42. The molecule has 2 saturated heterocycles. The van der Waals surface area contributed by atoms with Crippen LogP contribution in [0.2, 0.25) is 0 Å². The molecule has 3 nitrogen and oxygen atoms in total. The van der Waals surface area contributed by atoms with Crippen molar-refractivity contribution in [3.05, 3.63) is 0 Å². The van der Waals surface area contributed by atoms with E-state index in [1.54, 1.807) is 0 Å². The van der Waals surface area contributed by atoms with E-state index >= 15 is 0 Å². The zero-order chi connectivity index (χ0) is 10.5. The fourth-order valence-corrected chi connectivity index (χ4v) is 2.65. The second-order valence-corrected chi connectivity index (χ2v) is 5.00. The van der Waals surface area contributed by atoms with Crippen LogP contribution in [0.5, 0.6) is 0 Å². The Bertz CT molecular complexity index is 178. The van der Waals surface area contributed by atoms with Crippen LogP contribution in [0.4, 0.5) is 0 Å². The number of nitrogens with two attached hydrogens (primary N) is 1. The number of hydrogen-bond acceptors (Lipinski definition) is 3. The predicted octanol–water partition coefficient (Wildman–Crippen LogP) is 1.23. The van der Waals surface area contributed by atoms with Gasteiger partial charge in [0.25, 0.3) is 0 Å². The average molecular weight is 212 g/mol. The van der Waals surface area contributed by atoms with Crippen molar-refractivity contribution < 1.29 is 4.74 Å². The number of ether oxygens (including phenoxy) is 1.